The molecule has 0 aliphatic heterocycles. The van der Waals surface area contributed by atoms with E-state index in [4.69, 9.17) is 44.6 Å². The molecular weight excluding hydrogens is 300 g/mol. The van der Waals surface area contributed by atoms with Gasteiger partial charge < -0.3 is 15.2 Å². The maximum Gasteiger partial charge on any atom is 0.407 e. The Balaban J connectivity index is 3.78. The van der Waals surface area contributed by atoms with E-state index in [9.17, 15) is 4.79 Å². The second kappa shape index (κ2) is 8.31. The lowest BCUT2D eigenvalue weighted by atomic mass is 10.2. The second-order valence-electron chi connectivity index (χ2n) is 4.46. The zero-order chi connectivity index (χ0) is 14.2. The summed E-state index contributed by atoms with van der Waals surface area (Å²) in [7, 11) is 0. The predicted molar refractivity (Wildman–Crippen MR) is 74.4 cm³/mol. The van der Waals surface area contributed by atoms with Crippen molar-refractivity contribution in [3.63, 3.8) is 0 Å². The minimum atomic E-state index is -1.68. The van der Waals surface area contributed by atoms with Gasteiger partial charge in [-0.3, -0.25) is 0 Å². The van der Waals surface area contributed by atoms with Gasteiger partial charge in [0.1, 0.15) is 0 Å². The Bertz CT molecular complexity index is 254. The van der Waals surface area contributed by atoms with E-state index in [1.54, 1.807) is 0 Å². The molecule has 0 fully saturated rings. The molecule has 4 nitrogen and oxygen atoms in total. The summed E-state index contributed by atoms with van der Waals surface area (Å²) in [6, 6.07) is 0. The van der Waals surface area contributed by atoms with E-state index in [1.807, 2.05) is 0 Å². The van der Waals surface area contributed by atoms with Crippen LogP contribution in [0.1, 0.15) is 39.5 Å². The van der Waals surface area contributed by atoms with Crippen LogP contribution in [0.15, 0.2) is 0 Å². The van der Waals surface area contributed by atoms with Crippen molar-refractivity contribution in [1.29, 1.82) is 0 Å². The molecule has 0 bridgehead atoms. The number of carbonyl (C=O) groups is 1. The van der Waals surface area contributed by atoms with Crippen molar-refractivity contribution in [3.8, 4) is 0 Å². The van der Waals surface area contributed by atoms with Gasteiger partial charge >= 0.3 is 6.09 Å². The first-order chi connectivity index (χ1) is 8.20. The molecular formula is C11H20Cl3NO3. The zero-order valence-electron chi connectivity index (χ0n) is 10.6. The first-order valence-corrected chi connectivity index (χ1v) is 6.98. The molecule has 18 heavy (non-hydrogen) atoms. The number of halogens is 3. The SMILES string of the molecule is CC(C)(OC(=O)NCCCCCCO)C(Cl)(Cl)Cl. The van der Waals surface area contributed by atoms with Crippen molar-refractivity contribution in [2.75, 3.05) is 13.2 Å². The van der Waals surface area contributed by atoms with Gasteiger partial charge in [0.05, 0.1) is 0 Å². The van der Waals surface area contributed by atoms with Gasteiger partial charge in [-0.1, -0.05) is 47.6 Å². The summed E-state index contributed by atoms with van der Waals surface area (Å²) < 4.78 is 3.37. The molecule has 108 valence electrons. The van der Waals surface area contributed by atoms with Crippen molar-refractivity contribution >= 4 is 40.9 Å². The first kappa shape index (κ1) is 18.1. The van der Waals surface area contributed by atoms with Crippen LogP contribution in [0.2, 0.25) is 0 Å². The number of alkyl halides is 3. The highest BCUT2D eigenvalue weighted by Gasteiger charge is 2.44. The van der Waals surface area contributed by atoms with Crippen molar-refractivity contribution in [1.82, 2.24) is 5.32 Å². The van der Waals surface area contributed by atoms with Crippen molar-refractivity contribution in [2.45, 2.75) is 48.9 Å². The molecule has 2 N–H and O–H groups in total. The number of ether oxygens (including phenoxy) is 1. The molecule has 0 saturated carbocycles. The van der Waals surface area contributed by atoms with Crippen LogP contribution < -0.4 is 5.32 Å². The number of alkyl carbamates (subject to hydrolysis) is 1. The van der Waals surface area contributed by atoms with Crippen molar-refractivity contribution < 1.29 is 14.6 Å². The van der Waals surface area contributed by atoms with Crippen LogP contribution in [0, 0.1) is 0 Å². The second-order valence-corrected chi connectivity index (χ2v) is 6.74. The molecule has 0 rings (SSSR count). The summed E-state index contributed by atoms with van der Waals surface area (Å²) in [6.07, 6.45) is 2.88. The first-order valence-electron chi connectivity index (χ1n) is 5.85. The normalized spacial score (nSPS) is 12.3. The fourth-order valence-electron chi connectivity index (χ4n) is 1.11. The summed E-state index contributed by atoms with van der Waals surface area (Å²) in [5.41, 5.74) is -1.20. The zero-order valence-corrected chi connectivity index (χ0v) is 12.9. The summed E-state index contributed by atoms with van der Waals surface area (Å²) in [6.45, 7) is 3.76. The van der Waals surface area contributed by atoms with Gasteiger partial charge in [-0.2, -0.15) is 0 Å². The lowest BCUT2D eigenvalue weighted by Gasteiger charge is -2.31. The number of aliphatic hydroxyl groups is 1. The third-order valence-corrected chi connectivity index (χ3v) is 3.75. The van der Waals surface area contributed by atoms with E-state index in [2.05, 4.69) is 5.32 Å². The molecule has 0 radical (unpaired) electrons. The van der Waals surface area contributed by atoms with Gasteiger partial charge in [0, 0.05) is 13.2 Å². The highest BCUT2D eigenvalue weighted by Crippen LogP contribution is 2.40. The minimum Gasteiger partial charge on any atom is -0.439 e. The fraction of sp³-hybridized carbons (Fsp3) is 0.909. The standard InChI is InChI=1S/C11H20Cl3NO3/c1-10(2,11(12,13)14)18-9(17)15-7-5-3-4-6-8-16/h16H,3-8H2,1-2H3,(H,15,17). The summed E-state index contributed by atoms with van der Waals surface area (Å²) in [4.78, 5) is 11.4. The van der Waals surface area contributed by atoms with E-state index < -0.39 is 15.5 Å². The number of carbonyl (C=O) groups excluding carboxylic acids is 1. The van der Waals surface area contributed by atoms with Gasteiger partial charge in [0.25, 0.3) is 0 Å². The Kier molecular flexibility index (Phi) is 8.35. The Hall–Kier alpha value is 0.1000. The van der Waals surface area contributed by atoms with Crippen LogP contribution >= 0.6 is 34.8 Å². The van der Waals surface area contributed by atoms with Crippen LogP contribution in [-0.4, -0.2) is 33.7 Å². The van der Waals surface area contributed by atoms with Crippen LogP contribution in [-0.2, 0) is 4.74 Å². The van der Waals surface area contributed by atoms with Crippen LogP contribution in [0.3, 0.4) is 0 Å². The smallest absolute Gasteiger partial charge is 0.407 e. The molecule has 7 heteroatoms. The highest BCUT2D eigenvalue weighted by molar-refractivity contribution is 6.68. The molecule has 0 aliphatic carbocycles. The molecule has 0 atom stereocenters. The average molecular weight is 321 g/mol. The molecule has 0 unspecified atom stereocenters. The quantitative estimate of drug-likeness (QED) is 0.558. The minimum absolute atomic E-state index is 0.201. The van der Waals surface area contributed by atoms with E-state index in [-0.39, 0.29) is 6.61 Å². The molecule has 0 aliphatic rings. The van der Waals surface area contributed by atoms with E-state index in [1.165, 1.54) is 13.8 Å². The topological polar surface area (TPSA) is 58.6 Å². The van der Waals surface area contributed by atoms with Gasteiger partial charge in [-0.25, -0.2) is 4.79 Å². The molecule has 0 aromatic carbocycles. The maximum atomic E-state index is 11.4. The molecule has 0 aromatic heterocycles. The Morgan fingerprint density at radius 1 is 1.17 bits per heavy atom. The molecule has 0 aromatic rings. The fourth-order valence-corrected chi connectivity index (χ4v) is 1.22. The molecule has 0 spiro atoms. The van der Waals surface area contributed by atoms with Crippen LogP contribution in [0.4, 0.5) is 4.79 Å². The number of hydrogen-bond donors (Lipinski definition) is 2. The highest BCUT2D eigenvalue weighted by atomic mass is 35.6. The third-order valence-electron chi connectivity index (χ3n) is 2.38. The monoisotopic (exact) mass is 319 g/mol. The molecule has 0 saturated heterocycles. The lowest BCUT2D eigenvalue weighted by Crippen LogP contribution is -2.44. The summed E-state index contributed by atoms with van der Waals surface area (Å²) >= 11 is 17.1. The van der Waals surface area contributed by atoms with Crippen LogP contribution in [0.25, 0.3) is 0 Å². The number of hydrogen-bond acceptors (Lipinski definition) is 3. The van der Waals surface area contributed by atoms with Crippen molar-refractivity contribution in [3.05, 3.63) is 0 Å². The van der Waals surface area contributed by atoms with Gasteiger partial charge in [0.2, 0.25) is 3.79 Å². The number of aliphatic hydroxyl groups excluding tert-OH is 1. The molecule has 1 amide bonds. The Labute approximate surface area is 123 Å². The average Bonchev–Trinajstić information content (AvgIpc) is 2.20. The van der Waals surface area contributed by atoms with Gasteiger partial charge in [-0.05, 0) is 26.7 Å². The lowest BCUT2D eigenvalue weighted by molar-refractivity contribution is 0.0417. The van der Waals surface area contributed by atoms with E-state index in [0.29, 0.717) is 6.54 Å². The number of rotatable bonds is 7. The molecule has 0 heterocycles. The largest absolute Gasteiger partial charge is 0.439 e. The van der Waals surface area contributed by atoms with Crippen molar-refractivity contribution in [2.24, 2.45) is 0 Å². The number of unbranched alkanes of at least 4 members (excludes halogenated alkanes) is 3. The number of amides is 1. The number of nitrogens with one attached hydrogen (secondary N) is 1. The predicted octanol–water partition coefficient (Wildman–Crippen LogP) is 3.41. The summed E-state index contributed by atoms with van der Waals surface area (Å²) in [5.74, 6) is 0. The van der Waals surface area contributed by atoms with Gasteiger partial charge in [0.15, 0.2) is 5.60 Å². The third kappa shape index (κ3) is 7.52. The maximum absolute atomic E-state index is 11.4. The summed E-state index contributed by atoms with van der Waals surface area (Å²) in [5, 5.41) is 11.2. The Morgan fingerprint density at radius 2 is 1.72 bits per heavy atom. The van der Waals surface area contributed by atoms with E-state index in [0.717, 1.165) is 25.7 Å². The Morgan fingerprint density at radius 3 is 2.22 bits per heavy atom. The van der Waals surface area contributed by atoms with E-state index >= 15 is 0 Å². The van der Waals surface area contributed by atoms with Crippen LogP contribution in [0.5, 0.6) is 0 Å². The van der Waals surface area contributed by atoms with Gasteiger partial charge in [-0.15, -0.1) is 0 Å².